The number of hydrogen-bond acceptors (Lipinski definition) is 6. The van der Waals surface area contributed by atoms with E-state index in [1.807, 2.05) is 4.90 Å². The molecule has 8 nitrogen and oxygen atoms in total. The van der Waals surface area contributed by atoms with Gasteiger partial charge in [-0.1, -0.05) is 19.0 Å². The summed E-state index contributed by atoms with van der Waals surface area (Å²) in [6, 6.07) is 0. The fraction of sp³-hybridized carbons (Fsp3) is 0.750. The molecule has 24 heavy (non-hydrogen) atoms. The summed E-state index contributed by atoms with van der Waals surface area (Å²) in [5.74, 6) is 1.12. The van der Waals surface area contributed by atoms with Gasteiger partial charge in [-0.05, 0) is 25.3 Å². The molecule has 134 valence electrons. The van der Waals surface area contributed by atoms with E-state index in [9.17, 15) is 9.59 Å². The van der Waals surface area contributed by atoms with Crippen molar-refractivity contribution in [2.24, 2.45) is 17.6 Å². The molecule has 0 radical (unpaired) electrons. The molecule has 2 N–H and O–H groups in total. The summed E-state index contributed by atoms with van der Waals surface area (Å²) in [5, 5.41) is 3.94. The summed E-state index contributed by atoms with van der Waals surface area (Å²) in [7, 11) is 1.74. The molecular weight excluding hydrogens is 310 g/mol. The maximum Gasteiger partial charge on any atom is 0.246 e. The summed E-state index contributed by atoms with van der Waals surface area (Å²) in [6.07, 6.45) is 2.46. The predicted octanol–water partition coefficient (Wildman–Crippen LogP) is 0.424. The Morgan fingerprint density at radius 2 is 2.21 bits per heavy atom. The van der Waals surface area contributed by atoms with Gasteiger partial charge in [-0.2, -0.15) is 4.98 Å². The van der Waals surface area contributed by atoms with Gasteiger partial charge in [0.05, 0.1) is 19.0 Å². The molecule has 1 fully saturated rings. The molecule has 0 unspecified atom stereocenters. The number of piperidine rings is 1. The molecular formula is C16H27N5O3. The maximum atomic E-state index is 12.6. The van der Waals surface area contributed by atoms with Crippen LogP contribution in [0.3, 0.4) is 0 Å². The lowest BCUT2D eigenvalue weighted by Gasteiger charge is -2.32. The number of carbonyl (C=O) groups is 2. The highest BCUT2D eigenvalue weighted by Crippen LogP contribution is 2.19. The minimum atomic E-state index is -0.361. The first-order valence-corrected chi connectivity index (χ1v) is 8.42. The molecule has 1 aliphatic heterocycles. The lowest BCUT2D eigenvalue weighted by molar-refractivity contribution is -0.137. The third kappa shape index (κ3) is 5.30. The predicted molar refractivity (Wildman–Crippen MR) is 87.7 cm³/mol. The largest absolute Gasteiger partial charge is 0.369 e. The fourth-order valence-corrected chi connectivity index (χ4v) is 3.02. The van der Waals surface area contributed by atoms with Gasteiger partial charge in [0, 0.05) is 20.0 Å². The third-order valence-corrected chi connectivity index (χ3v) is 4.08. The first-order valence-electron chi connectivity index (χ1n) is 8.42. The summed E-state index contributed by atoms with van der Waals surface area (Å²) >= 11 is 0. The zero-order valence-electron chi connectivity index (χ0n) is 14.7. The van der Waals surface area contributed by atoms with Crippen LogP contribution in [-0.2, 0) is 22.6 Å². The van der Waals surface area contributed by atoms with Crippen LogP contribution in [0.5, 0.6) is 0 Å². The highest BCUT2D eigenvalue weighted by Gasteiger charge is 2.29. The normalized spacial score (nSPS) is 18.8. The number of carbonyl (C=O) groups excluding carboxylic acids is 2. The molecule has 1 saturated heterocycles. The van der Waals surface area contributed by atoms with Crippen LogP contribution in [0.25, 0.3) is 0 Å². The minimum Gasteiger partial charge on any atom is -0.369 e. The van der Waals surface area contributed by atoms with Crippen LogP contribution < -0.4 is 5.73 Å². The van der Waals surface area contributed by atoms with Crippen LogP contribution in [0, 0.1) is 11.8 Å². The number of aromatic nitrogens is 2. The van der Waals surface area contributed by atoms with E-state index in [1.54, 1.807) is 11.9 Å². The monoisotopic (exact) mass is 337 g/mol. The van der Waals surface area contributed by atoms with Gasteiger partial charge in [0.2, 0.25) is 17.7 Å². The second-order valence-electron chi connectivity index (χ2n) is 6.94. The Bertz CT molecular complexity index is 572. The molecule has 1 atom stereocenters. The van der Waals surface area contributed by atoms with Gasteiger partial charge in [-0.25, -0.2) is 0 Å². The van der Waals surface area contributed by atoms with Gasteiger partial charge in [-0.15, -0.1) is 0 Å². The second-order valence-corrected chi connectivity index (χ2v) is 6.94. The Labute approximate surface area is 142 Å². The number of rotatable bonds is 7. The van der Waals surface area contributed by atoms with Crippen molar-refractivity contribution in [3.8, 4) is 0 Å². The Morgan fingerprint density at radius 1 is 1.46 bits per heavy atom. The van der Waals surface area contributed by atoms with Gasteiger partial charge >= 0.3 is 0 Å². The summed E-state index contributed by atoms with van der Waals surface area (Å²) < 4.78 is 5.22. The minimum absolute atomic E-state index is 0.0350. The lowest BCUT2D eigenvalue weighted by atomic mass is 9.96. The average molecular weight is 337 g/mol. The average Bonchev–Trinajstić information content (AvgIpc) is 2.92. The van der Waals surface area contributed by atoms with E-state index in [0.717, 1.165) is 25.8 Å². The van der Waals surface area contributed by atoms with Crippen LogP contribution in [-0.4, -0.2) is 58.4 Å². The third-order valence-electron chi connectivity index (χ3n) is 4.08. The lowest BCUT2D eigenvalue weighted by Crippen LogP contribution is -2.46. The number of nitrogens with zero attached hydrogens (tertiary/aromatic N) is 4. The number of amides is 2. The van der Waals surface area contributed by atoms with E-state index in [0.29, 0.717) is 30.7 Å². The summed E-state index contributed by atoms with van der Waals surface area (Å²) in [6.45, 7) is 6.05. The van der Waals surface area contributed by atoms with E-state index in [4.69, 9.17) is 10.3 Å². The van der Waals surface area contributed by atoms with Crippen molar-refractivity contribution in [1.29, 1.82) is 0 Å². The summed E-state index contributed by atoms with van der Waals surface area (Å²) in [4.78, 5) is 31.6. The molecule has 1 aliphatic rings. The number of nitrogens with two attached hydrogens (primary N) is 1. The second kappa shape index (κ2) is 8.23. The summed E-state index contributed by atoms with van der Waals surface area (Å²) in [5.41, 5.74) is 5.24. The van der Waals surface area contributed by atoms with E-state index < -0.39 is 0 Å². The zero-order valence-corrected chi connectivity index (χ0v) is 14.7. The first kappa shape index (κ1) is 18.4. The first-order chi connectivity index (χ1) is 11.3. The molecule has 2 heterocycles. The van der Waals surface area contributed by atoms with E-state index >= 15 is 0 Å². The molecule has 1 aromatic rings. The van der Waals surface area contributed by atoms with Crippen molar-refractivity contribution in [3.63, 3.8) is 0 Å². The highest BCUT2D eigenvalue weighted by molar-refractivity contribution is 5.79. The van der Waals surface area contributed by atoms with Crippen LogP contribution in [0.15, 0.2) is 4.52 Å². The standard InChI is InChI=1S/C16H27N5O3/c1-11(2)7-14-18-15(24-19-14)10-20(3)16(23)12-5-4-6-21(8-12)9-13(17)22/h11-12H,4-10H2,1-3H3,(H2,17,22)/t12-/m0/s1. The molecule has 0 saturated carbocycles. The molecule has 0 spiro atoms. The Kier molecular flexibility index (Phi) is 6.30. The van der Waals surface area contributed by atoms with Crippen molar-refractivity contribution in [3.05, 3.63) is 11.7 Å². The van der Waals surface area contributed by atoms with Crippen LogP contribution in [0.4, 0.5) is 0 Å². The van der Waals surface area contributed by atoms with Crippen molar-refractivity contribution < 1.29 is 14.1 Å². The van der Waals surface area contributed by atoms with Gasteiger partial charge < -0.3 is 15.2 Å². The number of primary amides is 1. The number of hydrogen-bond donors (Lipinski definition) is 1. The highest BCUT2D eigenvalue weighted by atomic mass is 16.5. The number of likely N-dealkylation sites (tertiary alicyclic amines) is 1. The van der Waals surface area contributed by atoms with Crippen LogP contribution in [0.2, 0.25) is 0 Å². The van der Waals surface area contributed by atoms with E-state index in [-0.39, 0.29) is 24.3 Å². The molecule has 0 bridgehead atoms. The Hall–Kier alpha value is -1.96. The van der Waals surface area contributed by atoms with Gasteiger partial charge in [0.15, 0.2) is 5.82 Å². The van der Waals surface area contributed by atoms with Crippen LogP contribution in [0.1, 0.15) is 38.4 Å². The topological polar surface area (TPSA) is 106 Å². The molecule has 0 aromatic carbocycles. The molecule has 1 aromatic heterocycles. The van der Waals surface area contributed by atoms with Gasteiger partial charge in [0.1, 0.15) is 0 Å². The maximum absolute atomic E-state index is 12.6. The molecule has 2 amide bonds. The smallest absolute Gasteiger partial charge is 0.246 e. The van der Waals surface area contributed by atoms with Crippen molar-refractivity contribution >= 4 is 11.8 Å². The van der Waals surface area contributed by atoms with Gasteiger partial charge in [0.25, 0.3) is 0 Å². The van der Waals surface area contributed by atoms with Crippen molar-refractivity contribution in [1.82, 2.24) is 19.9 Å². The van der Waals surface area contributed by atoms with E-state index in [2.05, 4.69) is 24.0 Å². The SMILES string of the molecule is CC(C)Cc1noc(CN(C)C(=O)[C@H]2CCCN(CC(N)=O)C2)n1. The quantitative estimate of drug-likeness (QED) is 0.773. The molecule has 2 rings (SSSR count). The van der Waals surface area contributed by atoms with Crippen LogP contribution >= 0.6 is 0 Å². The Balaban J connectivity index is 1.89. The molecule has 8 heteroatoms. The fourth-order valence-electron chi connectivity index (χ4n) is 3.02. The zero-order chi connectivity index (χ0) is 17.7. The van der Waals surface area contributed by atoms with Crippen molar-refractivity contribution in [2.75, 3.05) is 26.7 Å². The van der Waals surface area contributed by atoms with E-state index in [1.165, 1.54) is 0 Å². The van der Waals surface area contributed by atoms with Crippen molar-refractivity contribution in [2.45, 2.75) is 39.7 Å². The van der Waals surface area contributed by atoms with Gasteiger partial charge in [-0.3, -0.25) is 14.5 Å². The Morgan fingerprint density at radius 3 is 2.88 bits per heavy atom. The molecule has 0 aliphatic carbocycles.